The molecule has 1 aromatic rings. The molecule has 0 radical (unpaired) electrons. The molecule has 0 spiro atoms. The molecule has 0 fully saturated rings. The predicted molar refractivity (Wildman–Crippen MR) is 73.2 cm³/mol. The van der Waals surface area contributed by atoms with Crippen LogP contribution in [0, 0.1) is 11.3 Å². The van der Waals surface area contributed by atoms with Gasteiger partial charge in [-0.3, -0.25) is 0 Å². The van der Waals surface area contributed by atoms with Crippen molar-refractivity contribution in [3.05, 3.63) is 29.8 Å². The van der Waals surface area contributed by atoms with E-state index < -0.39 is 9.84 Å². The van der Waals surface area contributed by atoms with Crippen molar-refractivity contribution in [3.8, 4) is 6.07 Å². The van der Waals surface area contributed by atoms with E-state index in [4.69, 9.17) is 5.26 Å². The van der Waals surface area contributed by atoms with Gasteiger partial charge in [-0.15, -0.1) is 0 Å². The maximum Gasteiger partial charge on any atom is 0.152 e. The van der Waals surface area contributed by atoms with Gasteiger partial charge in [0, 0.05) is 18.0 Å². The molecule has 1 aromatic carbocycles. The van der Waals surface area contributed by atoms with Gasteiger partial charge in [0.2, 0.25) is 0 Å². The zero-order valence-corrected chi connectivity index (χ0v) is 11.3. The minimum atomic E-state index is -2.92. The minimum absolute atomic E-state index is 0.154. The van der Waals surface area contributed by atoms with E-state index in [1.807, 2.05) is 31.2 Å². The number of sulfone groups is 1. The Bertz CT molecular complexity index is 501. The molecule has 0 atom stereocenters. The van der Waals surface area contributed by atoms with Crippen LogP contribution in [0.25, 0.3) is 0 Å². The Morgan fingerprint density at radius 1 is 1.22 bits per heavy atom. The fourth-order valence-corrected chi connectivity index (χ4v) is 2.83. The van der Waals surface area contributed by atoms with Gasteiger partial charge < -0.3 is 5.32 Å². The molecule has 0 heterocycles. The first-order chi connectivity index (χ1) is 8.57. The zero-order valence-electron chi connectivity index (χ0n) is 10.5. The van der Waals surface area contributed by atoms with Gasteiger partial charge in [-0.05, 0) is 24.1 Å². The maximum absolute atomic E-state index is 11.5. The Morgan fingerprint density at radius 2 is 1.89 bits per heavy atom. The molecule has 0 aliphatic carbocycles. The molecule has 5 heteroatoms. The highest BCUT2D eigenvalue weighted by atomic mass is 32.2. The lowest BCUT2D eigenvalue weighted by molar-refractivity contribution is 0.595. The van der Waals surface area contributed by atoms with Crippen molar-refractivity contribution in [3.63, 3.8) is 0 Å². The van der Waals surface area contributed by atoms with Gasteiger partial charge in [0.15, 0.2) is 9.84 Å². The molecular weight excluding hydrogens is 248 g/mol. The van der Waals surface area contributed by atoms with Gasteiger partial charge in [0.25, 0.3) is 0 Å². The van der Waals surface area contributed by atoms with Crippen LogP contribution in [0.4, 0.5) is 5.69 Å². The lowest BCUT2D eigenvalue weighted by Gasteiger charge is -2.07. The van der Waals surface area contributed by atoms with Gasteiger partial charge in [0.1, 0.15) is 0 Å². The molecule has 98 valence electrons. The second-order valence-corrected chi connectivity index (χ2v) is 6.41. The summed E-state index contributed by atoms with van der Waals surface area (Å²) in [5, 5.41) is 11.6. The van der Waals surface area contributed by atoms with Crippen molar-refractivity contribution in [2.45, 2.75) is 19.8 Å². The summed E-state index contributed by atoms with van der Waals surface area (Å²) in [6, 6.07) is 9.54. The van der Waals surface area contributed by atoms with E-state index in [-0.39, 0.29) is 11.5 Å². The van der Waals surface area contributed by atoms with Crippen molar-refractivity contribution in [2.75, 3.05) is 23.4 Å². The van der Waals surface area contributed by atoms with E-state index in [1.165, 1.54) is 0 Å². The lowest BCUT2D eigenvalue weighted by atomic mass is 10.1. The Morgan fingerprint density at radius 3 is 2.44 bits per heavy atom. The van der Waals surface area contributed by atoms with Crippen LogP contribution in [0.1, 0.15) is 18.9 Å². The first kappa shape index (κ1) is 14.5. The van der Waals surface area contributed by atoms with Gasteiger partial charge in [-0.25, -0.2) is 8.42 Å². The molecular formula is C13H18N2O2S. The summed E-state index contributed by atoms with van der Waals surface area (Å²) in [5.74, 6) is 0.399. The van der Waals surface area contributed by atoms with E-state index in [2.05, 4.69) is 11.4 Å². The van der Waals surface area contributed by atoms with Gasteiger partial charge in [-0.1, -0.05) is 19.1 Å². The Hall–Kier alpha value is -1.54. The number of benzene rings is 1. The summed E-state index contributed by atoms with van der Waals surface area (Å²) in [6.07, 6.45) is 1.05. The van der Waals surface area contributed by atoms with E-state index >= 15 is 0 Å². The number of nitrogens with one attached hydrogen (secondary N) is 1. The van der Waals surface area contributed by atoms with Crippen LogP contribution in [0.2, 0.25) is 0 Å². The Labute approximate surface area is 109 Å². The molecule has 18 heavy (non-hydrogen) atoms. The largest absolute Gasteiger partial charge is 0.384 e. The SMILES string of the molecule is CCCS(=O)(=O)CCNc1ccc(CC#N)cc1. The first-order valence-electron chi connectivity index (χ1n) is 5.97. The molecule has 1 rings (SSSR count). The second kappa shape index (κ2) is 7.02. The molecule has 0 aliphatic heterocycles. The fourth-order valence-electron chi connectivity index (χ4n) is 1.60. The molecule has 0 unspecified atom stereocenters. The average molecular weight is 266 g/mol. The summed E-state index contributed by atoms with van der Waals surface area (Å²) in [5.41, 5.74) is 1.84. The Balaban J connectivity index is 2.43. The van der Waals surface area contributed by atoms with Crippen LogP contribution in [0.3, 0.4) is 0 Å². The normalized spacial score (nSPS) is 10.9. The summed E-state index contributed by atoms with van der Waals surface area (Å²) >= 11 is 0. The average Bonchev–Trinajstić information content (AvgIpc) is 2.31. The van der Waals surface area contributed by atoms with Crippen molar-refractivity contribution in [2.24, 2.45) is 0 Å². The van der Waals surface area contributed by atoms with E-state index in [9.17, 15) is 8.42 Å². The van der Waals surface area contributed by atoms with E-state index in [0.717, 1.165) is 11.3 Å². The van der Waals surface area contributed by atoms with Gasteiger partial charge >= 0.3 is 0 Å². The molecule has 0 saturated carbocycles. The minimum Gasteiger partial charge on any atom is -0.384 e. The van der Waals surface area contributed by atoms with Crippen LogP contribution in [-0.2, 0) is 16.3 Å². The highest BCUT2D eigenvalue weighted by molar-refractivity contribution is 7.91. The first-order valence-corrected chi connectivity index (χ1v) is 7.79. The lowest BCUT2D eigenvalue weighted by Crippen LogP contribution is -2.18. The molecule has 0 saturated heterocycles. The second-order valence-electron chi connectivity index (χ2n) is 4.11. The van der Waals surface area contributed by atoms with Crippen molar-refractivity contribution >= 4 is 15.5 Å². The number of nitriles is 1. The van der Waals surface area contributed by atoms with Crippen molar-refractivity contribution < 1.29 is 8.42 Å². The summed E-state index contributed by atoms with van der Waals surface area (Å²) in [7, 11) is -2.92. The summed E-state index contributed by atoms with van der Waals surface area (Å²) in [6.45, 7) is 2.28. The third-order valence-corrected chi connectivity index (χ3v) is 4.35. The monoisotopic (exact) mass is 266 g/mol. The smallest absolute Gasteiger partial charge is 0.152 e. The Kier molecular flexibility index (Phi) is 5.66. The quantitative estimate of drug-likeness (QED) is 0.819. The summed E-state index contributed by atoms with van der Waals surface area (Å²) in [4.78, 5) is 0. The van der Waals surface area contributed by atoms with E-state index in [0.29, 0.717) is 19.4 Å². The van der Waals surface area contributed by atoms with Gasteiger partial charge in [0.05, 0.1) is 18.2 Å². The van der Waals surface area contributed by atoms with E-state index in [1.54, 1.807) is 0 Å². The number of rotatable bonds is 7. The van der Waals surface area contributed by atoms with Crippen LogP contribution in [-0.4, -0.2) is 26.5 Å². The third kappa shape index (κ3) is 5.19. The molecule has 1 N–H and O–H groups in total. The fraction of sp³-hybridized carbons (Fsp3) is 0.462. The van der Waals surface area contributed by atoms with Crippen molar-refractivity contribution in [1.29, 1.82) is 5.26 Å². The standard InChI is InChI=1S/C13H18N2O2S/c1-2-10-18(16,17)11-9-15-13-5-3-12(4-6-13)7-8-14/h3-6,15H,2,7,9-11H2,1H3. The third-order valence-electron chi connectivity index (χ3n) is 2.49. The molecule has 0 bridgehead atoms. The van der Waals surface area contributed by atoms with Crippen LogP contribution < -0.4 is 5.32 Å². The number of hydrogen-bond acceptors (Lipinski definition) is 4. The summed E-state index contributed by atoms with van der Waals surface area (Å²) < 4.78 is 23.0. The molecule has 0 aromatic heterocycles. The molecule has 4 nitrogen and oxygen atoms in total. The highest BCUT2D eigenvalue weighted by Gasteiger charge is 2.08. The molecule has 0 amide bonds. The maximum atomic E-state index is 11.5. The highest BCUT2D eigenvalue weighted by Crippen LogP contribution is 2.09. The van der Waals surface area contributed by atoms with Crippen LogP contribution in [0.15, 0.2) is 24.3 Å². The van der Waals surface area contributed by atoms with Crippen molar-refractivity contribution in [1.82, 2.24) is 0 Å². The van der Waals surface area contributed by atoms with Crippen LogP contribution in [0.5, 0.6) is 0 Å². The molecule has 0 aliphatic rings. The number of nitrogens with zero attached hydrogens (tertiary/aromatic N) is 1. The topological polar surface area (TPSA) is 70.0 Å². The zero-order chi connectivity index (χ0) is 13.4. The van der Waals surface area contributed by atoms with Crippen LogP contribution >= 0.6 is 0 Å². The van der Waals surface area contributed by atoms with Gasteiger partial charge in [-0.2, -0.15) is 5.26 Å². The predicted octanol–water partition coefficient (Wildman–Crippen LogP) is 1.99. The number of anilines is 1. The number of hydrogen-bond donors (Lipinski definition) is 1.